The van der Waals surface area contributed by atoms with Gasteiger partial charge in [-0.2, -0.15) is 0 Å². The Labute approximate surface area is 179 Å². The summed E-state index contributed by atoms with van der Waals surface area (Å²) in [6.45, 7) is 1.90. The van der Waals surface area contributed by atoms with E-state index in [-0.39, 0.29) is 29.1 Å². The molecule has 1 aliphatic carbocycles. The van der Waals surface area contributed by atoms with Crippen LogP contribution in [-0.4, -0.2) is 10.9 Å². The van der Waals surface area contributed by atoms with Crippen molar-refractivity contribution in [3.8, 4) is 0 Å². The fourth-order valence-electron chi connectivity index (χ4n) is 4.65. The van der Waals surface area contributed by atoms with Crippen molar-refractivity contribution in [1.29, 1.82) is 0 Å². The van der Waals surface area contributed by atoms with Crippen LogP contribution in [0.25, 0.3) is 10.9 Å². The summed E-state index contributed by atoms with van der Waals surface area (Å²) in [6, 6.07) is 12.5. The summed E-state index contributed by atoms with van der Waals surface area (Å²) in [5.41, 5.74) is 2.20. The van der Waals surface area contributed by atoms with E-state index in [0.717, 1.165) is 42.1 Å². The van der Waals surface area contributed by atoms with E-state index in [0.29, 0.717) is 11.6 Å². The monoisotopic (exact) mass is 426 g/mol. The van der Waals surface area contributed by atoms with Gasteiger partial charge < -0.3 is 5.32 Å². The molecule has 1 aromatic heterocycles. The molecule has 0 radical (unpaired) electrons. The largest absolute Gasteiger partial charge is 0.326 e. The van der Waals surface area contributed by atoms with E-state index in [9.17, 15) is 18.0 Å². The Balaban J connectivity index is 1.40. The third kappa shape index (κ3) is 4.73. The number of nitrogens with zero attached hydrogens (tertiary/aromatic N) is 1. The third-order valence-corrected chi connectivity index (χ3v) is 6.48. The number of alkyl halides is 2. The standard InChI is InChI=1S/C25H25F3N2O/c1-15(25(31)30-20-4-2-3-18(13-20)24(27)28)16-5-7-17(8-6-16)21-11-12-29-23-10-9-19(26)14-22(21)23/h2-4,9-17,24H,5-8H2,1H3,(H,30,31)/t15?,16-,17+. The van der Waals surface area contributed by atoms with Gasteiger partial charge in [0.05, 0.1) is 5.52 Å². The molecule has 1 amide bonds. The zero-order valence-electron chi connectivity index (χ0n) is 17.3. The van der Waals surface area contributed by atoms with Crippen molar-refractivity contribution in [3.63, 3.8) is 0 Å². The molecule has 6 heteroatoms. The molecular weight excluding hydrogens is 401 g/mol. The van der Waals surface area contributed by atoms with Gasteiger partial charge in [-0.15, -0.1) is 0 Å². The maximum atomic E-state index is 13.8. The average molecular weight is 426 g/mol. The molecule has 1 N–H and O–H groups in total. The number of pyridine rings is 1. The molecule has 3 nitrogen and oxygen atoms in total. The summed E-state index contributed by atoms with van der Waals surface area (Å²) in [5.74, 6) is -0.105. The average Bonchev–Trinajstić information content (AvgIpc) is 2.78. The number of carbonyl (C=O) groups is 1. The molecule has 1 saturated carbocycles. The molecule has 3 aromatic rings. The SMILES string of the molecule is CC(C(=O)Nc1cccc(C(F)F)c1)[C@H]1CC[C@@H](c2ccnc3ccc(F)cc32)CC1. The maximum absolute atomic E-state index is 13.8. The first-order valence-electron chi connectivity index (χ1n) is 10.7. The number of aromatic nitrogens is 1. The number of anilines is 1. The summed E-state index contributed by atoms with van der Waals surface area (Å²) in [6.07, 6.45) is 2.80. The Morgan fingerprint density at radius 3 is 2.58 bits per heavy atom. The molecule has 2 aromatic carbocycles. The molecule has 1 aliphatic rings. The Morgan fingerprint density at radius 2 is 1.84 bits per heavy atom. The number of amides is 1. The molecule has 31 heavy (non-hydrogen) atoms. The van der Waals surface area contributed by atoms with E-state index >= 15 is 0 Å². The second-order valence-electron chi connectivity index (χ2n) is 8.38. The zero-order chi connectivity index (χ0) is 22.0. The molecular formula is C25H25F3N2O. The van der Waals surface area contributed by atoms with Crippen molar-refractivity contribution in [2.75, 3.05) is 5.32 Å². The molecule has 1 atom stereocenters. The second-order valence-corrected chi connectivity index (χ2v) is 8.38. The molecule has 0 bridgehead atoms. The van der Waals surface area contributed by atoms with Gasteiger partial charge in [-0.25, -0.2) is 13.2 Å². The van der Waals surface area contributed by atoms with Crippen LogP contribution in [-0.2, 0) is 4.79 Å². The Bertz CT molecular complexity index is 1080. The highest BCUT2D eigenvalue weighted by Crippen LogP contribution is 2.41. The van der Waals surface area contributed by atoms with E-state index < -0.39 is 6.43 Å². The normalized spacial score (nSPS) is 20.0. The zero-order valence-corrected chi connectivity index (χ0v) is 17.3. The highest BCUT2D eigenvalue weighted by Gasteiger charge is 2.30. The number of fused-ring (bicyclic) bond motifs is 1. The number of hydrogen-bond acceptors (Lipinski definition) is 2. The molecule has 1 unspecified atom stereocenters. The summed E-state index contributed by atoms with van der Waals surface area (Å²) >= 11 is 0. The molecule has 0 aliphatic heterocycles. The topological polar surface area (TPSA) is 42.0 Å². The van der Waals surface area contributed by atoms with Crippen LogP contribution in [0.4, 0.5) is 18.9 Å². The number of carbonyl (C=O) groups excluding carboxylic acids is 1. The minimum absolute atomic E-state index is 0.105. The lowest BCUT2D eigenvalue weighted by Crippen LogP contribution is -2.29. The van der Waals surface area contributed by atoms with Crippen molar-refractivity contribution >= 4 is 22.5 Å². The van der Waals surface area contributed by atoms with E-state index in [2.05, 4.69) is 10.3 Å². The lowest BCUT2D eigenvalue weighted by Gasteiger charge is -2.32. The lowest BCUT2D eigenvalue weighted by atomic mass is 9.73. The van der Waals surface area contributed by atoms with Gasteiger partial charge in [0.15, 0.2) is 0 Å². The second kappa shape index (κ2) is 9.08. The van der Waals surface area contributed by atoms with Crippen molar-refractivity contribution in [2.45, 2.75) is 45.0 Å². The summed E-state index contributed by atoms with van der Waals surface area (Å²) in [4.78, 5) is 17.0. The Kier molecular flexibility index (Phi) is 6.25. The van der Waals surface area contributed by atoms with Gasteiger partial charge in [0.1, 0.15) is 5.82 Å². The van der Waals surface area contributed by atoms with Gasteiger partial charge in [0.25, 0.3) is 6.43 Å². The Morgan fingerprint density at radius 1 is 1.06 bits per heavy atom. The number of hydrogen-bond donors (Lipinski definition) is 1. The Hall–Kier alpha value is -2.89. The molecule has 162 valence electrons. The third-order valence-electron chi connectivity index (χ3n) is 6.48. The van der Waals surface area contributed by atoms with Crippen LogP contribution in [0.15, 0.2) is 54.7 Å². The quantitative estimate of drug-likeness (QED) is 0.484. The number of nitrogens with one attached hydrogen (secondary N) is 1. The van der Waals surface area contributed by atoms with Crippen molar-refractivity contribution in [2.24, 2.45) is 11.8 Å². The highest BCUT2D eigenvalue weighted by molar-refractivity contribution is 5.92. The van der Waals surface area contributed by atoms with Crippen molar-refractivity contribution in [3.05, 3.63) is 71.7 Å². The fraction of sp³-hybridized carbons (Fsp3) is 0.360. The van der Waals surface area contributed by atoms with Crippen LogP contribution >= 0.6 is 0 Å². The fourth-order valence-corrected chi connectivity index (χ4v) is 4.65. The number of rotatable bonds is 5. The van der Waals surface area contributed by atoms with E-state index in [1.807, 2.05) is 13.0 Å². The van der Waals surface area contributed by atoms with Crippen LogP contribution in [0, 0.1) is 17.7 Å². The van der Waals surface area contributed by atoms with Gasteiger partial charge in [-0.05, 0) is 79.5 Å². The first-order chi connectivity index (χ1) is 14.9. The predicted octanol–water partition coefficient (Wildman–Crippen LogP) is 6.86. The van der Waals surface area contributed by atoms with Gasteiger partial charge in [0, 0.05) is 28.8 Å². The van der Waals surface area contributed by atoms with Crippen LogP contribution in [0.2, 0.25) is 0 Å². The molecule has 0 saturated heterocycles. The predicted molar refractivity (Wildman–Crippen MR) is 116 cm³/mol. The lowest BCUT2D eigenvalue weighted by molar-refractivity contribution is -0.121. The minimum Gasteiger partial charge on any atom is -0.326 e. The van der Waals surface area contributed by atoms with Crippen LogP contribution in [0.3, 0.4) is 0 Å². The van der Waals surface area contributed by atoms with Crippen molar-refractivity contribution < 1.29 is 18.0 Å². The van der Waals surface area contributed by atoms with Gasteiger partial charge in [-0.3, -0.25) is 9.78 Å². The summed E-state index contributed by atoms with van der Waals surface area (Å²) in [5, 5.41) is 3.64. The molecule has 0 spiro atoms. The molecule has 1 heterocycles. The first-order valence-corrected chi connectivity index (χ1v) is 10.7. The minimum atomic E-state index is -2.57. The van der Waals surface area contributed by atoms with E-state index in [4.69, 9.17) is 0 Å². The highest BCUT2D eigenvalue weighted by atomic mass is 19.3. The number of halogens is 3. The first kappa shape index (κ1) is 21.3. The smallest absolute Gasteiger partial charge is 0.263 e. The molecule has 4 rings (SSSR count). The van der Waals surface area contributed by atoms with Crippen LogP contribution < -0.4 is 5.32 Å². The van der Waals surface area contributed by atoms with E-state index in [1.54, 1.807) is 24.4 Å². The maximum Gasteiger partial charge on any atom is 0.263 e. The van der Waals surface area contributed by atoms with E-state index in [1.165, 1.54) is 24.3 Å². The van der Waals surface area contributed by atoms with Gasteiger partial charge >= 0.3 is 0 Å². The number of benzene rings is 2. The summed E-state index contributed by atoms with van der Waals surface area (Å²) < 4.78 is 39.6. The van der Waals surface area contributed by atoms with Crippen molar-refractivity contribution in [1.82, 2.24) is 4.98 Å². The van der Waals surface area contributed by atoms with Gasteiger partial charge in [-0.1, -0.05) is 19.1 Å². The van der Waals surface area contributed by atoms with Crippen LogP contribution in [0.1, 0.15) is 56.1 Å². The summed E-state index contributed by atoms with van der Waals surface area (Å²) in [7, 11) is 0. The van der Waals surface area contributed by atoms with Crippen LogP contribution in [0.5, 0.6) is 0 Å². The van der Waals surface area contributed by atoms with Gasteiger partial charge in [0.2, 0.25) is 5.91 Å². The molecule has 1 fully saturated rings.